The third kappa shape index (κ3) is 4.70. The Morgan fingerprint density at radius 3 is 2.13 bits per heavy atom. The van der Waals surface area contributed by atoms with Crippen LogP contribution in [0.4, 0.5) is 4.39 Å². The zero-order valence-corrected chi connectivity index (χ0v) is 14.5. The maximum absolute atomic E-state index is 13.1. The van der Waals surface area contributed by atoms with Gasteiger partial charge in [-0.3, -0.25) is 4.21 Å². The first kappa shape index (κ1) is 17.8. The van der Waals surface area contributed by atoms with Crippen LogP contribution in [0.1, 0.15) is 11.1 Å². The van der Waals surface area contributed by atoms with Gasteiger partial charge < -0.3 is 0 Å². The second-order valence-electron chi connectivity index (χ2n) is 5.29. The lowest BCUT2D eigenvalue weighted by Crippen LogP contribution is -2.22. The van der Waals surface area contributed by atoms with Crippen LogP contribution in [-0.4, -0.2) is 31.0 Å². The number of benzene rings is 2. The summed E-state index contributed by atoms with van der Waals surface area (Å²) in [5.41, 5.74) is 1.32. The van der Waals surface area contributed by atoms with Crippen LogP contribution >= 0.6 is 0 Å². The van der Waals surface area contributed by atoms with E-state index in [0.717, 1.165) is 4.31 Å². The summed E-state index contributed by atoms with van der Waals surface area (Å²) in [6.45, 7) is 0. The van der Waals surface area contributed by atoms with Crippen molar-refractivity contribution in [2.45, 2.75) is 16.4 Å². The highest BCUT2D eigenvalue weighted by atomic mass is 32.2. The topological polar surface area (TPSA) is 54.5 Å². The van der Waals surface area contributed by atoms with Crippen molar-refractivity contribution >= 4 is 20.8 Å². The van der Waals surface area contributed by atoms with Gasteiger partial charge >= 0.3 is 0 Å². The number of halogens is 1. The van der Waals surface area contributed by atoms with Crippen molar-refractivity contribution in [1.29, 1.82) is 0 Å². The molecule has 0 fully saturated rings. The molecule has 0 radical (unpaired) electrons. The Morgan fingerprint density at radius 1 is 1.00 bits per heavy atom. The molecule has 0 spiro atoms. The molecule has 23 heavy (non-hydrogen) atoms. The molecule has 4 nitrogen and oxygen atoms in total. The van der Waals surface area contributed by atoms with E-state index in [1.54, 1.807) is 24.3 Å². The molecule has 0 saturated carbocycles. The van der Waals surface area contributed by atoms with Gasteiger partial charge in [0.15, 0.2) is 0 Å². The Kier molecular flexibility index (Phi) is 5.67. The van der Waals surface area contributed by atoms with Crippen molar-refractivity contribution in [3.8, 4) is 0 Å². The van der Waals surface area contributed by atoms with E-state index < -0.39 is 20.8 Å². The van der Waals surface area contributed by atoms with E-state index in [9.17, 15) is 17.0 Å². The van der Waals surface area contributed by atoms with Gasteiger partial charge in [0, 0.05) is 36.4 Å². The second-order valence-corrected chi connectivity index (χ2v) is 8.90. The summed E-state index contributed by atoms with van der Waals surface area (Å²) in [4.78, 5) is 0.169. The minimum absolute atomic E-state index is 0.169. The smallest absolute Gasteiger partial charge is 0.242 e. The summed E-state index contributed by atoms with van der Waals surface area (Å²) in [7, 11) is -1.84. The normalized spacial score (nSPS) is 13.2. The second kappa shape index (κ2) is 7.33. The molecule has 2 aromatic carbocycles. The van der Waals surface area contributed by atoms with Gasteiger partial charge in [-0.15, -0.1) is 0 Å². The highest BCUT2D eigenvalue weighted by molar-refractivity contribution is 7.89. The van der Waals surface area contributed by atoms with Crippen LogP contribution in [0.5, 0.6) is 0 Å². The molecule has 0 heterocycles. The molecule has 0 N–H and O–H groups in total. The van der Waals surface area contributed by atoms with Crippen LogP contribution in [0.2, 0.25) is 0 Å². The van der Waals surface area contributed by atoms with E-state index in [4.69, 9.17) is 0 Å². The third-order valence-corrected chi connectivity index (χ3v) is 6.34. The lowest BCUT2D eigenvalue weighted by atomic mass is 10.2. The predicted octanol–water partition coefficient (Wildman–Crippen LogP) is 2.52. The highest BCUT2D eigenvalue weighted by Crippen LogP contribution is 2.17. The van der Waals surface area contributed by atoms with Gasteiger partial charge in [0.05, 0.1) is 4.90 Å². The summed E-state index contributed by atoms with van der Waals surface area (Å²) in [6.07, 6.45) is 0. The molecule has 2 rings (SSSR count). The van der Waals surface area contributed by atoms with E-state index in [1.807, 2.05) is 0 Å². The molecule has 2 aromatic rings. The van der Waals surface area contributed by atoms with Crippen LogP contribution in [0.15, 0.2) is 53.4 Å². The Labute approximate surface area is 138 Å². The zero-order chi connectivity index (χ0) is 17.0. The van der Waals surface area contributed by atoms with Gasteiger partial charge in [0.1, 0.15) is 5.82 Å². The molecule has 0 aliphatic heterocycles. The third-order valence-electron chi connectivity index (χ3n) is 3.22. The Morgan fingerprint density at radius 2 is 1.57 bits per heavy atom. The number of rotatable bonds is 6. The van der Waals surface area contributed by atoms with E-state index in [2.05, 4.69) is 0 Å². The van der Waals surface area contributed by atoms with Gasteiger partial charge in [-0.2, -0.15) is 0 Å². The molecule has 1 unspecified atom stereocenters. The van der Waals surface area contributed by atoms with Crippen molar-refractivity contribution in [1.82, 2.24) is 4.31 Å². The van der Waals surface area contributed by atoms with Crippen molar-refractivity contribution in [2.24, 2.45) is 0 Å². The van der Waals surface area contributed by atoms with Gasteiger partial charge in [-0.1, -0.05) is 24.3 Å². The van der Waals surface area contributed by atoms with Crippen LogP contribution in [0, 0.1) is 5.82 Å². The first-order valence-corrected chi connectivity index (χ1v) is 9.83. The van der Waals surface area contributed by atoms with E-state index in [1.165, 1.54) is 38.4 Å². The minimum atomic E-state index is -3.51. The van der Waals surface area contributed by atoms with Crippen LogP contribution < -0.4 is 0 Å². The van der Waals surface area contributed by atoms with Crippen molar-refractivity contribution in [3.63, 3.8) is 0 Å². The average molecular weight is 355 g/mol. The Hall–Kier alpha value is -1.57. The van der Waals surface area contributed by atoms with Crippen molar-refractivity contribution in [3.05, 3.63) is 65.5 Å². The number of hydrogen-bond acceptors (Lipinski definition) is 3. The predicted molar refractivity (Wildman–Crippen MR) is 89.3 cm³/mol. The summed E-state index contributed by atoms with van der Waals surface area (Å²) in [5.74, 6) is 0.0778. The summed E-state index contributed by atoms with van der Waals surface area (Å²) in [6, 6.07) is 12.4. The Bertz CT molecular complexity index is 820. The van der Waals surface area contributed by atoms with Crippen molar-refractivity contribution in [2.75, 3.05) is 14.1 Å². The molecule has 0 aliphatic carbocycles. The van der Waals surface area contributed by atoms with Gasteiger partial charge in [0.2, 0.25) is 10.0 Å². The molecule has 1 atom stereocenters. The molecule has 0 saturated heterocycles. The van der Waals surface area contributed by atoms with Crippen LogP contribution in [0.3, 0.4) is 0 Å². The lowest BCUT2D eigenvalue weighted by Gasteiger charge is -2.12. The van der Waals surface area contributed by atoms with E-state index in [-0.39, 0.29) is 22.2 Å². The Balaban J connectivity index is 2.13. The van der Waals surface area contributed by atoms with Crippen LogP contribution in [0.25, 0.3) is 0 Å². The molecule has 0 aliphatic rings. The molecule has 0 amide bonds. The number of nitrogens with zero attached hydrogens (tertiary/aromatic N) is 1. The van der Waals surface area contributed by atoms with Crippen LogP contribution in [-0.2, 0) is 32.3 Å². The quantitative estimate of drug-likeness (QED) is 0.800. The fraction of sp³-hybridized carbons (Fsp3) is 0.250. The monoisotopic (exact) mass is 355 g/mol. The molecular weight excluding hydrogens is 337 g/mol. The van der Waals surface area contributed by atoms with Crippen molar-refractivity contribution < 1.29 is 17.0 Å². The summed E-state index contributed by atoms with van der Waals surface area (Å²) >= 11 is 0. The largest absolute Gasteiger partial charge is 0.259 e. The van der Waals surface area contributed by atoms with Gasteiger partial charge in [0.25, 0.3) is 0 Å². The van der Waals surface area contributed by atoms with E-state index in [0.29, 0.717) is 11.1 Å². The standard InChI is InChI=1S/C16H18FNO3S2/c1-18(2)23(20,21)16-8-4-6-14(10-16)12-22(19)11-13-5-3-7-15(17)9-13/h3-10H,11-12H2,1-2H3. The van der Waals surface area contributed by atoms with Gasteiger partial charge in [-0.25, -0.2) is 17.1 Å². The fourth-order valence-electron chi connectivity index (χ4n) is 2.06. The van der Waals surface area contributed by atoms with E-state index >= 15 is 0 Å². The number of sulfonamides is 1. The molecular formula is C16H18FNO3S2. The zero-order valence-electron chi connectivity index (χ0n) is 12.9. The number of hydrogen-bond donors (Lipinski definition) is 0. The maximum atomic E-state index is 13.1. The lowest BCUT2D eigenvalue weighted by molar-refractivity contribution is 0.520. The summed E-state index contributed by atoms with van der Waals surface area (Å²) in [5, 5.41) is 0. The minimum Gasteiger partial charge on any atom is -0.259 e. The fourth-order valence-corrected chi connectivity index (χ4v) is 4.23. The molecule has 0 aromatic heterocycles. The highest BCUT2D eigenvalue weighted by Gasteiger charge is 2.17. The molecule has 124 valence electrons. The average Bonchev–Trinajstić information content (AvgIpc) is 2.47. The molecule has 0 bridgehead atoms. The first-order chi connectivity index (χ1) is 10.8. The van der Waals surface area contributed by atoms with Gasteiger partial charge in [-0.05, 0) is 35.4 Å². The summed E-state index contributed by atoms with van der Waals surface area (Å²) < 4.78 is 50.7. The first-order valence-electron chi connectivity index (χ1n) is 6.90. The molecule has 7 heteroatoms. The SMILES string of the molecule is CN(C)S(=O)(=O)c1cccc(CS(=O)Cc2cccc(F)c2)c1. The maximum Gasteiger partial charge on any atom is 0.242 e.